The minimum absolute atomic E-state index is 0.398. The molecule has 1 fully saturated rings. The topological polar surface area (TPSA) is 27.7 Å². The number of halogens is 2. The number of hydrogen-bond acceptors (Lipinski definition) is 3. The molecule has 1 aromatic carbocycles. The van der Waals surface area contributed by atoms with Crippen molar-refractivity contribution in [1.29, 1.82) is 0 Å². The van der Waals surface area contributed by atoms with Crippen LogP contribution in [0.3, 0.4) is 0 Å². The second-order valence-corrected chi connectivity index (χ2v) is 7.83. The third-order valence-electron chi connectivity index (χ3n) is 4.16. The van der Waals surface area contributed by atoms with Crippen LogP contribution in [0, 0.1) is 5.92 Å². The summed E-state index contributed by atoms with van der Waals surface area (Å²) in [5.41, 5.74) is -0.108. The Kier molecular flexibility index (Phi) is 5.08. The zero-order valence-corrected chi connectivity index (χ0v) is 15.5. The lowest BCUT2D eigenvalue weighted by Crippen LogP contribution is -2.41. The number of benzene rings is 1. The Morgan fingerprint density at radius 2 is 1.59 bits per heavy atom. The van der Waals surface area contributed by atoms with E-state index >= 15 is 0 Å². The van der Waals surface area contributed by atoms with Crippen molar-refractivity contribution in [3.8, 4) is 5.75 Å². The first-order valence-corrected chi connectivity index (χ1v) is 8.27. The molecule has 0 N–H and O–H groups in total. The molecular formula is C16H23BCl2O3. The Morgan fingerprint density at radius 3 is 2.09 bits per heavy atom. The van der Waals surface area contributed by atoms with Gasteiger partial charge in [0.1, 0.15) is 10.8 Å². The fourth-order valence-electron chi connectivity index (χ4n) is 2.07. The van der Waals surface area contributed by atoms with Gasteiger partial charge in [-0.25, -0.2) is 0 Å². The predicted molar refractivity (Wildman–Crippen MR) is 92.5 cm³/mol. The smallest absolute Gasteiger partial charge is 0.492 e. The van der Waals surface area contributed by atoms with E-state index < -0.39 is 18.3 Å². The van der Waals surface area contributed by atoms with Crippen molar-refractivity contribution in [2.45, 2.75) is 52.7 Å². The van der Waals surface area contributed by atoms with Crippen LogP contribution >= 0.6 is 23.2 Å². The molecular weight excluding hydrogens is 322 g/mol. The highest BCUT2D eigenvalue weighted by molar-refractivity contribution is 6.66. The molecule has 122 valence electrons. The third kappa shape index (κ3) is 3.40. The highest BCUT2D eigenvalue weighted by Crippen LogP contribution is 2.38. The Morgan fingerprint density at radius 1 is 1.05 bits per heavy atom. The summed E-state index contributed by atoms with van der Waals surface area (Å²) in [6.45, 7) is 12.8. The summed E-state index contributed by atoms with van der Waals surface area (Å²) in [4.78, 5) is 0. The summed E-state index contributed by atoms with van der Waals surface area (Å²) < 4.78 is 17.7. The molecule has 0 bridgehead atoms. The van der Waals surface area contributed by atoms with Crippen LogP contribution in [0.1, 0.15) is 41.5 Å². The maximum atomic E-state index is 6.41. The molecule has 1 heterocycles. The van der Waals surface area contributed by atoms with Gasteiger partial charge in [0.2, 0.25) is 0 Å². The highest BCUT2D eigenvalue weighted by Gasteiger charge is 2.52. The molecule has 1 aliphatic rings. The van der Waals surface area contributed by atoms with Gasteiger partial charge >= 0.3 is 7.12 Å². The van der Waals surface area contributed by atoms with Gasteiger partial charge in [-0.1, -0.05) is 43.1 Å². The quantitative estimate of drug-likeness (QED) is 0.761. The van der Waals surface area contributed by atoms with Crippen LogP contribution in [0.15, 0.2) is 12.1 Å². The first kappa shape index (κ1) is 17.9. The summed E-state index contributed by atoms with van der Waals surface area (Å²) in [6, 6.07) is 3.67. The lowest BCUT2D eigenvalue weighted by Gasteiger charge is -2.32. The molecule has 22 heavy (non-hydrogen) atoms. The maximum absolute atomic E-state index is 6.41. The molecule has 1 aliphatic heterocycles. The summed E-state index contributed by atoms with van der Waals surface area (Å²) in [5, 5.41) is 0.816. The minimum Gasteiger partial charge on any atom is -0.492 e. The van der Waals surface area contributed by atoms with Crippen LogP contribution in [0.2, 0.25) is 10.0 Å². The number of ether oxygens (including phenoxy) is 1. The third-order valence-corrected chi connectivity index (χ3v) is 5.04. The molecule has 0 atom stereocenters. The van der Waals surface area contributed by atoms with Crippen LogP contribution < -0.4 is 10.2 Å². The maximum Gasteiger partial charge on any atom is 0.496 e. The van der Waals surface area contributed by atoms with E-state index in [1.54, 1.807) is 0 Å². The van der Waals surface area contributed by atoms with E-state index in [0.29, 0.717) is 28.3 Å². The Hall–Kier alpha value is -0.415. The molecule has 0 aliphatic carbocycles. The molecule has 0 amide bonds. The second kappa shape index (κ2) is 6.24. The zero-order chi connectivity index (χ0) is 16.7. The van der Waals surface area contributed by atoms with Gasteiger partial charge in [-0.05, 0) is 39.7 Å². The van der Waals surface area contributed by atoms with Gasteiger partial charge < -0.3 is 14.0 Å². The van der Waals surface area contributed by atoms with Crippen LogP contribution in [-0.4, -0.2) is 24.9 Å². The number of hydrogen-bond donors (Lipinski definition) is 0. The summed E-state index contributed by atoms with van der Waals surface area (Å²) >= 11 is 12.7. The summed E-state index contributed by atoms with van der Waals surface area (Å²) in [7, 11) is -0.533. The summed E-state index contributed by atoms with van der Waals surface area (Å²) in [6.07, 6.45) is 0. The van der Waals surface area contributed by atoms with Crippen molar-refractivity contribution < 1.29 is 14.0 Å². The SMILES string of the molecule is CC(C)COc1ccc(B2OC(C)(C)C(C)(C)O2)c(Cl)c1Cl. The average molecular weight is 345 g/mol. The fraction of sp³-hybridized carbons (Fsp3) is 0.625. The van der Waals surface area contributed by atoms with E-state index in [2.05, 4.69) is 13.8 Å². The normalized spacial score (nSPS) is 19.8. The van der Waals surface area contributed by atoms with Crippen molar-refractivity contribution >= 4 is 35.8 Å². The molecule has 3 nitrogen and oxygen atoms in total. The zero-order valence-electron chi connectivity index (χ0n) is 14.0. The predicted octanol–water partition coefficient (Wildman–Crippen LogP) is 4.33. The molecule has 0 radical (unpaired) electrons. The Bertz CT molecular complexity index is 543. The monoisotopic (exact) mass is 344 g/mol. The van der Waals surface area contributed by atoms with Gasteiger partial charge in [-0.2, -0.15) is 0 Å². The van der Waals surface area contributed by atoms with Crippen molar-refractivity contribution in [3.05, 3.63) is 22.2 Å². The van der Waals surface area contributed by atoms with E-state index in [-0.39, 0.29) is 0 Å². The van der Waals surface area contributed by atoms with Crippen LogP contribution in [0.25, 0.3) is 0 Å². The van der Waals surface area contributed by atoms with E-state index in [4.69, 9.17) is 37.2 Å². The van der Waals surface area contributed by atoms with Crippen molar-refractivity contribution in [2.75, 3.05) is 6.61 Å². The van der Waals surface area contributed by atoms with E-state index in [1.807, 2.05) is 39.8 Å². The molecule has 0 unspecified atom stereocenters. The van der Waals surface area contributed by atoms with Gasteiger partial charge in [0.05, 0.1) is 22.8 Å². The van der Waals surface area contributed by atoms with E-state index in [1.165, 1.54) is 0 Å². The largest absolute Gasteiger partial charge is 0.496 e. The van der Waals surface area contributed by atoms with Crippen molar-refractivity contribution in [2.24, 2.45) is 5.92 Å². The van der Waals surface area contributed by atoms with Gasteiger partial charge in [0, 0.05) is 5.46 Å². The number of rotatable bonds is 4. The Labute approximate surface area is 143 Å². The molecule has 0 spiro atoms. The highest BCUT2D eigenvalue weighted by atomic mass is 35.5. The van der Waals surface area contributed by atoms with Gasteiger partial charge in [-0.15, -0.1) is 0 Å². The van der Waals surface area contributed by atoms with Gasteiger partial charge in [0.15, 0.2) is 0 Å². The lowest BCUT2D eigenvalue weighted by molar-refractivity contribution is 0.00578. The van der Waals surface area contributed by atoms with Gasteiger partial charge in [0.25, 0.3) is 0 Å². The first-order chi connectivity index (χ1) is 10.0. The molecule has 1 aromatic rings. The van der Waals surface area contributed by atoms with Gasteiger partial charge in [-0.3, -0.25) is 0 Å². The fourth-order valence-corrected chi connectivity index (χ4v) is 2.54. The van der Waals surface area contributed by atoms with Crippen LogP contribution in [-0.2, 0) is 9.31 Å². The van der Waals surface area contributed by atoms with Crippen LogP contribution in [0.5, 0.6) is 5.75 Å². The van der Waals surface area contributed by atoms with Crippen molar-refractivity contribution in [1.82, 2.24) is 0 Å². The molecule has 1 saturated heterocycles. The first-order valence-electron chi connectivity index (χ1n) is 7.51. The standard InChI is InChI=1S/C16H23BCl2O3/c1-10(2)9-20-12-8-7-11(13(18)14(12)19)17-21-15(3,4)16(5,6)22-17/h7-8,10H,9H2,1-6H3. The van der Waals surface area contributed by atoms with E-state index in [9.17, 15) is 0 Å². The average Bonchev–Trinajstić information content (AvgIpc) is 2.60. The Balaban J connectivity index is 2.26. The second-order valence-electron chi connectivity index (χ2n) is 7.07. The lowest BCUT2D eigenvalue weighted by atomic mass is 9.79. The molecule has 0 saturated carbocycles. The minimum atomic E-state index is -0.533. The molecule has 2 rings (SSSR count). The molecule has 0 aromatic heterocycles. The van der Waals surface area contributed by atoms with Crippen LogP contribution in [0.4, 0.5) is 0 Å². The van der Waals surface area contributed by atoms with Crippen molar-refractivity contribution in [3.63, 3.8) is 0 Å². The van der Waals surface area contributed by atoms with E-state index in [0.717, 1.165) is 5.46 Å². The molecule has 6 heteroatoms. The summed E-state index contributed by atoms with van der Waals surface area (Å²) in [5.74, 6) is 0.998.